The number of pyridine rings is 1. The summed E-state index contributed by atoms with van der Waals surface area (Å²) in [6, 6.07) is 10.6. The van der Waals surface area contributed by atoms with Gasteiger partial charge in [0.25, 0.3) is 0 Å². The third-order valence-electron chi connectivity index (χ3n) is 2.42. The summed E-state index contributed by atoms with van der Waals surface area (Å²) in [6.07, 6.45) is 2.52. The Kier molecular flexibility index (Phi) is 4.84. The monoisotopic (exact) mass is 309 g/mol. The lowest BCUT2D eigenvalue weighted by Crippen LogP contribution is -2.00. The van der Waals surface area contributed by atoms with Gasteiger partial charge < -0.3 is 4.74 Å². The molecule has 0 saturated carbocycles. The second-order valence-corrected chi connectivity index (χ2v) is 4.82. The van der Waals surface area contributed by atoms with Crippen molar-refractivity contribution in [2.75, 3.05) is 6.61 Å². The Balaban J connectivity index is 1.78. The zero-order valence-electron chi connectivity index (χ0n) is 9.77. The Labute approximate surface area is 114 Å². The van der Waals surface area contributed by atoms with E-state index in [1.54, 1.807) is 6.20 Å². The molecule has 94 valence electrons. The Morgan fingerprint density at radius 2 is 2.11 bits per heavy atom. The number of hydrogen-bond donors (Lipinski definition) is 0. The van der Waals surface area contributed by atoms with Crippen molar-refractivity contribution in [3.05, 3.63) is 64.1 Å². The van der Waals surface area contributed by atoms with E-state index in [1.807, 2.05) is 24.3 Å². The first kappa shape index (κ1) is 13.2. The molecule has 1 heterocycles. The van der Waals surface area contributed by atoms with E-state index < -0.39 is 0 Å². The first-order chi connectivity index (χ1) is 8.74. The number of nitrogens with zero attached hydrogens (tertiary/aromatic N) is 1. The third-order valence-corrected chi connectivity index (χ3v) is 2.88. The second kappa shape index (κ2) is 6.61. The van der Waals surface area contributed by atoms with Gasteiger partial charge in [-0.2, -0.15) is 0 Å². The van der Waals surface area contributed by atoms with E-state index in [0.29, 0.717) is 13.2 Å². The average molecular weight is 310 g/mol. The van der Waals surface area contributed by atoms with Crippen molar-refractivity contribution in [1.82, 2.24) is 4.98 Å². The topological polar surface area (TPSA) is 22.1 Å². The molecule has 0 aliphatic carbocycles. The van der Waals surface area contributed by atoms with E-state index >= 15 is 0 Å². The van der Waals surface area contributed by atoms with Crippen molar-refractivity contribution in [3.63, 3.8) is 0 Å². The van der Waals surface area contributed by atoms with E-state index in [0.717, 1.165) is 22.2 Å². The molecule has 0 N–H and O–H groups in total. The fraction of sp³-hybridized carbons (Fsp3) is 0.214. The molecule has 0 atom stereocenters. The molecule has 0 amide bonds. The molecule has 1 aromatic carbocycles. The predicted molar refractivity (Wildman–Crippen MR) is 71.7 cm³/mol. The second-order valence-electron chi connectivity index (χ2n) is 3.90. The van der Waals surface area contributed by atoms with Crippen LogP contribution in [0.3, 0.4) is 0 Å². The van der Waals surface area contributed by atoms with Gasteiger partial charge in [-0.15, -0.1) is 0 Å². The highest BCUT2D eigenvalue weighted by molar-refractivity contribution is 9.10. The van der Waals surface area contributed by atoms with Gasteiger partial charge in [0.05, 0.1) is 13.2 Å². The maximum atomic E-state index is 13.1. The number of rotatable bonds is 5. The predicted octanol–water partition coefficient (Wildman–Crippen LogP) is 3.74. The summed E-state index contributed by atoms with van der Waals surface area (Å²) in [4.78, 5) is 4.20. The first-order valence-corrected chi connectivity index (χ1v) is 6.46. The fourth-order valence-electron chi connectivity index (χ4n) is 1.61. The van der Waals surface area contributed by atoms with E-state index in [1.165, 1.54) is 12.1 Å². The van der Waals surface area contributed by atoms with Gasteiger partial charge in [0.15, 0.2) is 0 Å². The summed E-state index contributed by atoms with van der Waals surface area (Å²) in [6.45, 7) is 0.980. The highest BCUT2D eigenvalue weighted by Gasteiger charge is 2.00. The molecule has 1 aromatic heterocycles. The molecule has 4 heteroatoms. The Bertz CT molecular complexity index is 484. The molecule has 2 nitrogen and oxygen atoms in total. The highest BCUT2D eigenvalue weighted by atomic mass is 79.9. The van der Waals surface area contributed by atoms with Crippen LogP contribution in [0.5, 0.6) is 0 Å². The molecule has 0 aliphatic heterocycles. The summed E-state index contributed by atoms with van der Waals surface area (Å²) in [5.74, 6) is -0.257. The Morgan fingerprint density at radius 3 is 2.83 bits per heavy atom. The summed E-state index contributed by atoms with van der Waals surface area (Å²) in [5, 5.41) is 0. The molecule has 0 radical (unpaired) electrons. The Hall–Kier alpha value is -1.26. The van der Waals surface area contributed by atoms with Crippen molar-refractivity contribution in [3.8, 4) is 0 Å². The smallest absolute Gasteiger partial charge is 0.124 e. The van der Waals surface area contributed by atoms with Crippen molar-refractivity contribution >= 4 is 15.9 Å². The normalized spacial score (nSPS) is 10.6. The SMILES string of the molecule is Fc1cc(Br)cc(COCCc2ccccn2)c1. The van der Waals surface area contributed by atoms with Crippen molar-refractivity contribution in [2.24, 2.45) is 0 Å². The molecule has 0 fully saturated rings. The van der Waals surface area contributed by atoms with Gasteiger partial charge in [0, 0.05) is 22.8 Å². The van der Waals surface area contributed by atoms with Crippen molar-refractivity contribution in [1.29, 1.82) is 0 Å². The van der Waals surface area contributed by atoms with Crippen LogP contribution >= 0.6 is 15.9 Å². The molecule has 0 unspecified atom stereocenters. The van der Waals surface area contributed by atoms with Gasteiger partial charge in [0.2, 0.25) is 0 Å². The van der Waals surface area contributed by atoms with E-state index in [4.69, 9.17) is 4.74 Å². The van der Waals surface area contributed by atoms with E-state index in [9.17, 15) is 4.39 Å². The number of halogens is 2. The average Bonchev–Trinajstić information content (AvgIpc) is 2.35. The number of hydrogen-bond acceptors (Lipinski definition) is 2. The minimum Gasteiger partial charge on any atom is -0.376 e. The molecule has 0 bridgehead atoms. The van der Waals surface area contributed by atoms with Crippen LogP contribution in [0.2, 0.25) is 0 Å². The van der Waals surface area contributed by atoms with E-state index in [-0.39, 0.29) is 5.82 Å². The molecule has 0 aliphatic rings. The van der Waals surface area contributed by atoms with Gasteiger partial charge in [0.1, 0.15) is 5.82 Å². The lowest BCUT2D eigenvalue weighted by atomic mass is 10.2. The molecular weight excluding hydrogens is 297 g/mol. The van der Waals surface area contributed by atoms with Crippen LogP contribution in [0.25, 0.3) is 0 Å². The Morgan fingerprint density at radius 1 is 1.22 bits per heavy atom. The van der Waals surface area contributed by atoms with Gasteiger partial charge in [-0.25, -0.2) is 4.39 Å². The minimum absolute atomic E-state index is 0.257. The van der Waals surface area contributed by atoms with Crippen molar-refractivity contribution < 1.29 is 9.13 Å². The highest BCUT2D eigenvalue weighted by Crippen LogP contribution is 2.15. The molecular formula is C14H13BrFNO. The number of ether oxygens (including phenoxy) is 1. The molecule has 18 heavy (non-hydrogen) atoms. The summed E-state index contributed by atoms with van der Waals surface area (Å²) in [5.41, 5.74) is 1.82. The fourth-order valence-corrected chi connectivity index (χ4v) is 2.12. The van der Waals surface area contributed by atoms with Crippen LogP contribution in [-0.4, -0.2) is 11.6 Å². The maximum absolute atomic E-state index is 13.1. The molecule has 0 saturated heterocycles. The third kappa shape index (κ3) is 4.20. The molecule has 2 rings (SSSR count). The zero-order valence-corrected chi connectivity index (χ0v) is 11.4. The molecule has 2 aromatic rings. The quantitative estimate of drug-likeness (QED) is 0.785. The van der Waals surface area contributed by atoms with Gasteiger partial charge in [-0.3, -0.25) is 4.98 Å². The van der Waals surface area contributed by atoms with Gasteiger partial charge in [-0.1, -0.05) is 22.0 Å². The van der Waals surface area contributed by atoms with Crippen LogP contribution in [0.1, 0.15) is 11.3 Å². The van der Waals surface area contributed by atoms with Gasteiger partial charge >= 0.3 is 0 Å². The van der Waals surface area contributed by atoms with Crippen LogP contribution in [0.4, 0.5) is 4.39 Å². The minimum atomic E-state index is -0.257. The maximum Gasteiger partial charge on any atom is 0.124 e. The van der Waals surface area contributed by atoms with Crippen LogP contribution in [0.15, 0.2) is 47.1 Å². The first-order valence-electron chi connectivity index (χ1n) is 5.66. The zero-order chi connectivity index (χ0) is 12.8. The number of benzene rings is 1. The van der Waals surface area contributed by atoms with Crippen LogP contribution < -0.4 is 0 Å². The van der Waals surface area contributed by atoms with Crippen LogP contribution in [0, 0.1) is 5.82 Å². The largest absolute Gasteiger partial charge is 0.376 e. The lowest BCUT2D eigenvalue weighted by Gasteiger charge is -2.05. The molecule has 0 spiro atoms. The van der Waals surface area contributed by atoms with Crippen LogP contribution in [-0.2, 0) is 17.8 Å². The summed E-state index contributed by atoms with van der Waals surface area (Å²) < 4.78 is 19.3. The van der Waals surface area contributed by atoms with Crippen molar-refractivity contribution in [2.45, 2.75) is 13.0 Å². The van der Waals surface area contributed by atoms with E-state index in [2.05, 4.69) is 20.9 Å². The number of aromatic nitrogens is 1. The summed E-state index contributed by atoms with van der Waals surface area (Å²) in [7, 11) is 0. The summed E-state index contributed by atoms with van der Waals surface area (Å²) >= 11 is 3.25. The van der Waals surface area contributed by atoms with Gasteiger partial charge in [-0.05, 0) is 35.9 Å². The lowest BCUT2D eigenvalue weighted by molar-refractivity contribution is 0.123. The standard InChI is InChI=1S/C14H13BrFNO/c15-12-7-11(8-13(16)9-12)10-18-6-4-14-3-1-2-5-17-14/h1-3,5,7-9H,4,6,10H2.